The number of nitrogens with one attached hydrogen (secondary N) is 1. The Labute approximate surface area is 162 Å². The van der Waals surface area contributed by atoms with E-state index >= 15 is 0 Å². The molecule has 2 aromatic carbocycles. The highest BCUT2D eigenvalue weighted by molar-refractivity contribution is 7.25. The monoisotopic (exact) mass is 401 g/mol. The quantitative estimate of drug-likeness (QED) is 0.567. The van der Waals surface area contributed by atoms with Crippen molar-refractivity contribution in [2.45, 2.75) is 13.1 Å². The zero-order valence-corrected chi connectivity index (χ0v) is 15.5. The normalized spacial score (nSPS) is 11.2. The molecule has 0 aliphatic carbocycles. The van der Waals surface area contributed by atoms with Crippen LogP contribution in [0.25, 0.3) is 20.3 Å². The maximum absolute atomic E-state index is 12.9. The number of hydrogen-bond donors (Lipinski definition) is 1. The van der Waals surface area contributed by atoms with Gasteiger partial charge >= 0.3 is 0 Å². The molecule has 5 nitrogen and oxygen atoms in total. The Morgan fingerprint density at radius 3 is 2.78 bits per heavy atom. The van der Waals surface area contributed by atoms with Crippen molar-refractivity contribution in [2.75, 3.05) is 0 Å². The number of rotatable bonds is 4. The molecule has 0 radical (unpaired) electrons. The number of benzene rings is 2. The van der Waals surface area contributed by atoms with Gasteiger partial charge in [0.1, 0.15) is 17.1 Å². The van der Waals surface area contributed by atoms with Crippen LogP contribution in [-0.4, -0.2) is 15.5 Å². The van der Waals surface area contributed by atoms with Crippen molar-refractivity contribution in [3.8, 4) is 0 Å². The predicted octanol–water partition coefficient (Wildman–Crippen LogP) is 3.72. The summed E-state index contributed by atoms with van der Waals surface area (Å²) < 4.78 is 15.5. The lowest BCUT2D eigenvalue weighted by molar-refractivity contribution is -0.121. The van der Waals surface area contributed by atoms with E-state index in [1.165, 1.54) is 34.4 Å². The van der Waals surface area contributed by atoms with Crippen molar-refractivity contribution in [1.82, 2.24) is 14.9 Å². The number of hydrogen-bond acceptors (Lipinski definition) is 4. The van der Waals surface area contributed by atoms with Crippen molar-refractivity contribution < 1.29 is 9.18 Å². The molecule has 0 spiro atoms. The van der Waals surface area contributed by atoms with Crippen molar-refractivity contribution in [2.24, 2.45) is 0 Å². The van der Waals surface area contributed by atoms with E-state index in [4.69, 9.17) is 11.6 Å². The van der Waals surface area contributed by atoms with Crippen LogP contribution in [0, 0.1) is 5.82 Å². The van der Waals surface area contributed by atoms with E-state index in [2.05, 4.69) is 10.3 Å². The van der Waals surface area contributed by atoms with Gasteiger partial charge in [0, 0.05) is 16.6 Å². The van der Waals surface area contributed by atoms with Gasteiger partial charge < -0.3 is 5.32 Å². The highest BCUT2D eigenvalue weighted by Crippen LogP contribution is 2.34. The lowest BCUT2D eigenvalue weighted by Crippen LogP contribution is -2.31. The van der Waals surface area contributed by atoms with Gasteiger partial charge in [-0.2, -0.15) is 0 Å². The second-order valence-corrected chi connectivity index (χ2v) is 7.43. The first kappa shape index (κ1) is 17.6. The van der Waals surface area contributed by atoms with Crippen molar-refractivity contribution in [3.63, 3.8) is 0 Å². The van der Waals surface area contributed by atoms with Crippen LogP contribution in [0.3, 0.4) is 0 Å². The molecule has 0 saturated heterocycles. The molecule has 4 rings (SSSR count). The molecule has 8 heteroatoms. The average Bonchev–Trinajstić information content (AvgIpc) is 3.04. The maximum atomic E-state index is 12.9. The molecule has 0 saturated carbocycles. The van der Waals surface area contributed by atoms with Gasteiger partial charge in [-0.15, -0.1) is 11.3 Å². The number of aromatic nitrogens is 2. The van der Waals surface area contributed by atoms with Gasteiger partial charge in [-0.1, -0.05) is 29.8 Å². The Morgan fingerprint density at radius 1 is 1.22 bits per heavy atom. The van der Waals surface area contributed by atoms with Gasteiger partial charge in [0.25, 0.3) is 5.56 Å². The number of carbonyl (C=O) groups is 1. The largest absolute Gasteiger partial charge is 0.350 e. The minimum atomic E-state index is -0.334. The van der Waals surface area contributed by atoms with Crippen LogP contribution in [0.2, 0.25) is 5.02 Å². The van der Waals surface area contributed by atoms with E-state index < -0.39 is 0 Å². The fraction of sp³-hybridized carbons (Fsp3) is 0.105. The molecule has 0 atom stereocenters. The Morgan fingerprint density at radius 2 is 2.00 bits per heavy atom. The number of carbonyl (C=O) groups excluding carboxylic acids is 1. The highest BCUT2D eigenvalue weighted by atomic mass is 35.5. The van der Waals surface area contributed by atoms with Crippen molar-refractivity contribution >= 4 is 49.1 Å². The topological polar surface area (TPSA) is 64.0 Å². The van der Waals surface area contributed by atoms with Gasteiger partial charge in [-0.25, -0.2) is 9.37 Å². The van der Waals surface area contributed by atoms with Crippen LogP contribution in [0.4, 0.5) is 4.39 Å². The van der Waals surface area contributed by atoms with Gasteiger partial charge in [-0.3, -0.25) is 14.2 Å². The van der Waals surface area contributed by atoms with Gasteiger partial charge in [0.15, 0.2) is 0 Å². The standard InChI is InChI=1S/C19H13ClFN3O2S/c20-13-2-1-3-14-16(13)17-18(27-14)19(26)24(10-23-17)9-15(25)22-8-11-4-6-12(21)7-5-11/h1-7,10H,8-9H2,(H,22,25). The minimum Gasteiger partial charge on any atom is -0.350 e. The molecule has 1 N–H and O–H groups in total. The maximum Gasteiger partial charge on any atom is 0.271 e. The lowest BCUT2D eigenvalue weighted by atomic mass is 10.2. The van der Waals surface area contributed by atoms with Gasteiger partial charge in [-0.05, 0) is 29.8 Å². The minimum absolute atomic E-state index is 0.148. The Hall–Kier alpha value is -2.77. The summed E-state index contributed by atoms with van der Waals surface area (Å²) >= 11 is 7.54. The fourth-order valence-corrected chi connectivity index (χ4v) is 4.25. The highest BCUT2D eigenvalue weighted by Gasteiger charge is 2.15. The predicted molar refractivity (Wildman–Crippen MR) is 105 cm³/mol. The molecule has 27 heavy (non-hydrogen) atoms. The fourth-order valence-electron chi connectivity index (χ4n) is 2.80. The molecule has 2 heterocycles. The third kappa shape index (κ3) is 3.43. The molecule has 4 aromatic rings. The summed E-state index contributed by atoms with van der Waals surface area (Å²) in [5.41, 5.74) is 1.03. The third-order valence-corrected chi connectivity index (χ3v) is 5.58. The second kappa shape index (κ2) is 7.09. The van der Waals surface area contributed by atoms with E-state index in [1.807, 2.05) is 12.1 Å². The summed E-state index contributed by atoms with van der Waals surface area (Å²) in [6, 6.07) is 11.3. The summed E-state index contributed by atoms with van der Waals surface area (Å²) in [6.07, 6.45) is 1.36. The molecule has 0 bridgehead atoms. The number of thiophene rings is 1. The van der Waals surface area contributed by atoms with Crippen molar-refractivity contribution in [3.05, 3.63) is 75.5 Å². The third-order valence-electron chi connectivity index (χ3n) is 4.14. The summed E-state index contributed by atoms with van der Waals surface area (Å²) in [7, 11) is 0. The number of nitrogens with zero attached hydrogens (tertiary/aromatic N) is 2. The van der Waals surface area contributed by atoms with Crippen LogP contribution in [0.15, 0.2) is 53.6 Å². The smallest absolute Gasteiger partial charge is 0.271 e. The first-order valence-electron chi connectivity index (χ1n) is 8.10. The van der Waals surface area contributed by atoms with Gasteiger partial charge in [0.05, 0.1) is 16.9 Å². The number of halogens is 2. The molecular formula is C19H13ClFN3O2S. The van der Waals surface area contributed by atoms with E-state index in [0.717, 1.165) is 15.6 Å². The Balaban J connectivity index is 1.57. The summed E-state index contributed by atoms with van der Waals surface area (Å²) in [6.45, 7) is 0.104. The van der Waals surface area contributed by atoms with E-state index in [0.29, 0.717) is 15.2 Å². The first-order valence-corrected chi connectivity index (χ1v) is 9.29. The summed E-state index contributed by atoms with van der Waals surface area (Å²) in [4.78, 5) is 29.2. The zero-order chi connectivity index (χ0) is 19.0. The molecule has 136 valence electrons. The van der Waals surface area contributed by atoms with Gasteiger partial charge in [0.2, 0.25) is 5.91 Å². The molecule has 0 fully saturated rings. The molecule has 0 aliphatic rings. The Kier molecular flexibility index (Phi) is 4.63. The molecule has 2 aromatic heterocycles. The Bertz CT molecular complexity index is 1220. The van der Waals surface area contributed by atoms with Crippen LogP contribution >= 0.6 is 22.9 Å². The molecule has 0 unspecified atom stereocenters. The molecular weight excluding hydrogens is 389 g/mol. The summed E-state index contributed by atoms with van der Waals surface area (Å²) in [5.74, 6) is -0.666. The van der Waals surface area contributed by atoms with E-state index in [-0.39, 0.29) is 30.4 Å². The first-order chi connectivity index (χ1) is 13.0. The van der Waals surface area contributed by atoms with E-state index in [1.54, 1.807) is 18.2 Å². The van der Waals surface area contributed by atoms with Crippen LogP contribution in [0.5, 0.6) is 0 Å². The molecule has 1 amide bonds. The zero-order valence-electron chi connectivity index (χ0n) is 13.9. The second-order valence-electron chi connectivity index (χ2n) is 5.97. The number of amides is 1. The SMILES string of the molecule is O=C(Cn1cnc2c(sc3cccc(Cl)c32)c1=O)NCc1ccc(F)cc1. The van der Waals surface area contributed by atoms with Crippen molar-refractivity contribution in [1.29, 1.82) is 0 Å². The van der Waals surface area contributed by atoms with Crippen LogP contribution < -0.4 is 10.9 Å². The van der Waals surface area contributed by atoms with Crippen LogP contribution in [-0.2, 0) is 17.9 Å². The average molecular weight is 402 g/mol. The number of fused-ring (bicyclic) bond motifs is 3. The van der Waals surface area contributed by atoms with Crippen LogP contribution in [0.1, 0.15) is 5.56 Å². The molecule has 0 aliphatic heterocycles. The van der Waals surface area contributed by atoms with E-state index in [9.17, 15) is 14.0 Å². The lowest BCUT2D eigenvalue weighted by Gasteiger charge is -2.07. The summed E-state index contributed by atoms with van der Waals surface area (Å²) in [5, 5.41) is 4.01.